The standard InChI is InChI=1S/C21H42O4Si/c1-15(2)26(16(3)4,17(5)6)25-19(14-22)13-11-12-18(7)24-20(23)21(8,9)10/h14-19H,11-13H2,1-10H3/t18?,19-/m0/s1. The van der Waals surface area contributed by atoms with Crippen LogP contribution >= 0.6 is 0 Å². The first-order valence-electron chi connectivity index (χ1n) is 10.1. The van der Waals surface area contributed by atoms with Crippen LogP contribution in [0.4, 0.5) is 0 Å². The molecule has 0 radical (unpaired) electrons. The minimum absolute atomic E-state index is 0.142. The minimum atomic E-state index is -2.06. The van der Waals surface area contributed by atoms with Gasteiger partial charge in [0.05, 0.1) is 11.5 Å². The fourth-order valence-corrected chi connectivity index (χ4v) is 9.36. The Hall–Kier alpha value is -0.683. The maximum atomic E-state index is 11.9. The third-order valence-electron chi connectivity index (χ3n) is 5.23. The highest BCUT2D eigenvalue weighted by molar-refractivity contribution is 6.77. The van der Waals surface area contributed by atoms with E-state index in [-0.39, 0.29) is 18.2 Å². The molecule has 0 aliphatic carbocycles. The Kier molecular flexibility index (Phi) is 10.3. The molecule has 154 valence electrons. The highest BCUT2D eigenvalue weighted by Gasteiger charge is 2.46. The van der Waals surface area contributed by atoms with Gasteiger partial charge in [0.25, 0.3) is 0 Å². The fraction of sp³-hybridized carbons (Fsp3) is 0.905. The predicted octanol–water partition coefficient (Wildman–Crippen LogP) is 5.89. The second kappa shape index (κ2) is 10.6. The van der Waals surface area contributed by atoms with Crippen LogP contribution < -0.4 is 0 Å². The summed E-state index contributed by atoms with van der Waals surface area (Å²) in [5.74, 6) is -0.181. The van der Waals surface area contributed by atoms with Crippen LogP contribution in [0.25, 0.3) is 0 Å². The van der Waals surface area contributed by atoms with Gasteiger partial charge in [0, 0.05) is 0 Å². The van der Waals surface area contributed by atoms with Crippen LogP contribution in [0.2, 0.25) is 16.6 Å². The molecule has 0 rings (SSSR count). The van der Waals surface area contributed by atoms with Gasteiger partial charge in [0.1, 0.15) is 12.4 Å². The molecule has 0 aromatic rings. The monoisotopic (exact) mass is 386 g/mol. The SMILES string of the molecule is CC(CCC[C@@H](C=O)O[Si](C(C)C)(C(C)C)C(C)C)OC(=O)C(C)(C)C. The maximum Gasteiger partial charge on any atom is 0.311 e. The number of ether oxygens (including phenoxy) is 1. The molecule has 0 fully saturated rings. The van der Waals surface area contributed by atoms with Gasteiger partial charge in [-0.15, -0.1) is 0 Å². The lowest BCUT2D eigenvalue weighted by Crippen LogP contribution is -2.50. The van der Waals surface area contributed by atoms with Crippen molar-refractivity contribution in [3.05, 3.63) is 0 Å². The van der Waals surface area contributed by atoms with E-state index in [0.717, 1.165) is 19.1 Å². The van der Waals surface area contributed by atoms with E-state index in [1.165, 1.54) is 0 Å². The van der Waals surface area contributed by atoms with Crippen molar-refractivity contribution >= 4 is 20.6 Å². The lowest BCUT2D eigenvalue weighted by Gasteiger charge is -2.43. The second-order valence-electron chi connectivity index (χ2n) is 9.51. The Morgan fingerprint density at radius 1 is 0.923 bits per heavy atom. The molecule has 26 heavy (non-hydrogen) atoms. The van der Waals surface area contributed by atoms with Crippen molar-refractivity contribution in [3.63, 3.8) is 0 Å². The van der Waals surface area contributed by atoms with Gasteiger partial charge in [-0.05, 0) is 63.6 Å². The zero-order valence-corrected chi connectivity index (χ0v) is 19.7. The van der Waals surface area contributed by atoms with Crippen molar-refractivity contribution in [3.8, 4) is 0 Å². The number of carbonyl (C=O) groups excluding carboxylic acids is 2. The third-order valence-corrected chi connectivity index (χ3v) is 11.4. The molecule has 0 amide bonds. The van der Waals surface area contributed by atoms with E-state index in [9.17, 15) is 9.59 Å². The summed E-state index contributed by atoms with van der Waals surface area (Å²) in [6.45, 7) is 20.8. The molecule has 5 heteroatoms. The molecule has 0 bridgehead atoms. The normalized spacial score (nSPS) is 15.4. The molecule has 0 saturated carbocycles. The van der Waals surface area contributed by atoms with Gasteiger partial charge in [-0.3, -0.25) is 4.79 Å². The molecule has 0 N–H and O–H groups in total. The molecule has 0 aromatic carbocycles. The molecular formula is C21H42O4Si. The van der Waals surface area contributed by atoms with E-state index in [0.29, 0.717) is 23.0 Å². The number of carbonyl (C=O) groups is 2. The summed E-state index contributed by atoms with van der Waals surface area (Å²) in [5.41, 5.74) is 0.879. The molecule has 0 heterocycles. The molecule has 0 aliphatic rings. The van der Waals surface area contributed by atoms with Crippen molar-refractivity contribution < 1.29 is 18.8 Å². The van der Waals surface area contributed by atoms with Crippen molar-refractivity contribution in [2.24, 2.45) is 5.41 Å². The van der Waals surface area contributed by atoms with Gasteiger partial charge in [-0.25, -0.2) is 0 Å². The van der Waals surface area contributed by atoms with Crippen molar-refractivity contribution in [1.82, 2.24) is 0 Å². The van der Waals surface area contributed by atoms with Crippen LogP contribution in [0.3, 0.4) is 0 Å². The van der Waals surface area contributed by atoms with Crippen molar-refractivity contribution in [2.75, 3.05) is 0 Å². The quantitative estimate of drug-likeness (QED) is 0.252. The molecule has 0 spiro atoms. The van der Waals surface area contributed by atoms with Crippen LogP contribution in [-0.4, -0.2) is 32.8 Å². The van der Waals surface area contributed by atoms with Crippen LogP contribution in [0.15, 0.2) is 0 Å². The Balaban J connectivity index is 4.77. The first-order valence-corrected chi connectivity index (χ1v) is 12.3. The van der Waals surface area contributed by atoms with E-state index in [2.05, 4.69) is 41.5 Å². The Labute approximate surface area is 162 Å². The lowest BCUT2D eigenvalue weighted by atomic mass is 9.97. The fourth-order valence-electron chi connectivity index (χ4n) is 3.85. The highest BCUT2D eigenvalue weighted by atomic mass is 28.4. The topological polar surface area (TPSA) is 52.6 Å². The Morgan fingerprint density at radius 2 is 1.38 bits per heavy atom. The molecule has 0 aromatic heterocycles. The first-order chi connectivity index (χ1) is 11.8. The minimum Gasteiger partial charge on any atom is -0.462 e. The van der Waals surface area contributed by atoms with E-state index in [1.54, 1.807) is 0 Å². The van der Waals surface area contributed by atoms with Gasteiger partial charge >= 0.3 is 5.97 Å². The van der Waals surface area contributed by atoms with Gasteiger partial charge in [-0.1, -0.05) is 41.5 Å². The van der Waals surface area contributed by atoms with E-state index >= 15 is 0 Å². The summed E-state index contributed by atoms with van der Waals surface area (Å²) in [4.78, 5) is 23.6. The van der Waals surface area contributed by atoms with Gasteiger partial charge in [0.15, 0.2) is 0 Å². The van der Waals surface area contributed by atoms with E-state index < -0.39 is 13.7 Å². The Morgan fingerprint density at radius 3 is 1.73 bits per heavy atom. The summed E-state index contributed by atoms with van der Waals surface area (Å²) in [6.07, 6.45) is 2.69. The maximum absolute atomic E-state index is 11.9. The van der Waals surface area contributed by atoms with Crippen molar-refractivity contribution in [2.45, 2.75) is 117 Å². The zero-order valence-electron chi connectivity index (χ0n) is 18.7. The average molecular weight is 387 g/mol. The highest BCUT2D eigenvalue weighted by Crippen LogP contribution is 2.43. The zero-order chi connectivity index (χ0) is 20.7. The van der Waals surface area contributed by atoms with Crippen LogP contribution in [0, 0.1) is 5.41 Å². The van der Waals surface area contributed by atoms with Crippen LogP contribution in [-0.2, 0) is 18.8 Å². The lowest BCUT2D eigenvalue weighted by molar-refractivity contribution is -0.158. The summed E-state index contributed by atoms with van der Waals surface area (Å²) in [6, 6.07) is 0. The molecular weight excluding hydrogens is 344 g/mol. The summed E-state index contributed by atoms with van der Waals surface area (Å²) < 4.78 is 12.0. The Bertz CT molecular complexity index is 416. The summed E-state index contributed by atoms with van der Waals surface area (Å²) in [7, 11) is -2.06. The van der Waals surface area contributed by atoms with Gasteiger partial charge in [0.2, 0.25) is 8.32 Å². The summed E-state index contributed by atoms with van der Waals surface area (Å²) in [5, 5.41) is 0. The molecule has 2 atom stereocenters. The number of hydrogen-bond donors (Lipinski definition) is 0. The number of hydrogen-bond acceptors (Lipinski definition) is 4. The molecule has 0 aliphatic heterocycles. The van der Waals surface area contributed by atoms with E-state index in [4.69, 9.17) is 9.16 Å². The largest absolute Gasteiger partial charge is 0.462 e. The number of aldehydes is 1. The number of esters is 1. The predicted molar refractivity (Wildman–Crippen MR) is 111 cm³/mol. The van der Waals surface area contributed by atoms with Crippen LogP contribution in [0.5, 0.6) is 0 Å². The first kappa shape index (κ1) is 25.3. The molecule has 4 nitrogen and oxygen atoms in total. The number of rotatable bonds is 11. The summed E-state index contributed by atoms with van der Waals surface area (Å²) >= 11 is 0. The van der Waals surface area contributed by atoms with Crippen LogP contribution in [0.1, 0.15) is 88.5 Å². The molecule has 1 unspecified atom stereocenters. The smallest absolute Gasteiger partial charge is 0.311 e. The second-order valence-corrected chi connectivity index (χ2v) is 14.9. The molecule has 0 saturated heterocycles. The van der Waals surface area contributed by atoms with Crippen molar-refractivity contribution in [1.29, 1.82) is 0 Å². The third kappa shape index (κ3) is 7.14. The van der Waals surface area contributed by atoms with Gasteiger partial charge in [-0.2, -0.15) is 0 Å². The average Bonchev–Trinajstić information content (AvgIpc) is 2.48. The van der Waals surface area contributed by atoms with Gasteiger partial charge < -0.3 is 14.0 Å². The van der Waals surface area contributed by atoms with E-state index in [1.807, 2.05) is 27.7 Å².